The first-order chi connectivity index (χ1) is 9.45. The zero-order valence-electron chi connectivity index (χ0n) is 12.5. The van der Waals surface area contributed by atoms with Crippen molar-refractivity contribution in [3.63, 3.8) is 0 Å². The van der Waals surface area contributed by atoms with Crippen molar-refractivity contribution in [2.45, 2.75) is 38.8 Å². The molecule has 2 rings (SSSR count). The highest BCUT2D eigenvalue weighted by molar-refractivity contribution is 6.28. The third-order valence-corrected chi connectivity index (χ3v) is 3.55. The van der Waals surface area contributed by atoms with Gasteiger partial charge >= 0.3 is 6.01 Å². The number of aromatic nitrogens is 3. The van der Waals surface area contributed by atoms with Gasteiger partial charge in [-0.25, -0.2) is 0 Å². The molecule has 20 heavy (non-hydrogen) atoms. The molecule has 1 fully saturated rings. The second-order valence-corrected chi connectivity index (χ2v) is 5.86. The van der Waals surface area contributed by atoms with Crippen LogP contribution in [-0.2, 0) is 0 Å². The summed E-state index contributed by atoms with van der Waals surface area (Å²) in [5, 5.41) is 0.168. The van der Waals surface area contributed by atoms with Crippen LogP contribution >= 0.6 is 11.6 Å². The zero-order chi connectivity index (χ0) is 14.7. The number of piperidine rings is 1. The summed E-state index contributed by atoms with van der Waals surface area (Å²) in [6.07, 6.45) is 2.32. The van der Waals surface area contributed by atoms with Crippen LogP contribution in [0.5, 0.6) is 6.01 Å². The number of ether oxygens (including phenoxy) is 1. The zero-order valence-corrected chi connectivity index (χ0v) is 13.3. The largest absolute Gasteiger partial charge is 0.461 e. The van der Waals surface area contributed by atoms with Crippen LogP contribution in [0.1, 0.15) is 26.7 Å². The van der Waals surface area contributed by atoms with E-state index in [0.717, 1.165) is 19.5 Å². The lowest BCUT2D eigenvalue weighted by molar-refractivity contribution is 0.220. The second kappa shape index (κ2) is 6.54. The van der Waals surface area contributed by atoms with Crippen LogP contribution in [0.4, 0.5) is 5.95 Å². The van der Waals surface area contributed by atoms with Crippen molar-refractivity contribution < 1.29 is 4.74 Å². The van der Waals surface area contributed by atoms with Crippen LogP contribution in [0.15, 0.2) is 0 Å². The Morgan fingerprint density at radius 3 is 2.75 bits per heavy atom. The molecule has 1 unspecified atom stereocenters. The van der Waals surface area contributed by atoms with E-state index in [1.807, 2.05) is 20.9 Å². The van der Waals surface area contributed by atoms with Gasteiger partial charge in [-0.3, -0.25) is 0 Å². The summed E-state index contributed by atoms with van der Waals surface area (Å²) in [4.78, 5) is 16.9. The van der Waals surface area contributed by atoms with E-state index in [9.17, 15) is 0 Å². The SMILES string of the molecule is CC(C)Oc1nc(Cl)nc(N(C)C2CCCN(C)C2)n1. The molecule has 0 bridgehead atoms. The Bertz CT molecular complexity index is 456. The molecule has 1 aliphatic heterocycles. The summed E-state index contributed by atoms with van der Waals surface area (Å²) in [6, 6.07) is 0.671. The lowest BCUT2D eigenvalue weighted by Crippen LogP contribution is -2.45. The van der Waals surface area contributed by atoms with Crippen molar-refractivity contribution in [1.82, 2.24) is 19.9 Å². The highest BCUT2D eigenvalue weighted by atomic mass is 35.5. The van der Waals surface area contributed by atoms with Gasteiger partial charge in [-0.05, 0) is 51.9 Å². The van der Waals surface area contributed by atoms with Gasteiger partial charge in [0, 0.05) is 19.6 Å². The Balaban J connectivity index is 2.16. The average Bonchev–Trinajstić information content (AvgIpc) is 2.36. The quantitative estimate of drug-likeness (QED) is 0.845. The molecule has 112 valence electrons. The van der Waals surface area contributed by atoms with Gasteiger partial charge in [0.25, 0.3) is 0 Å². The highest BCUT2D eigenvalue weighted by Crippen LogP contribution is 2.20. The molecule has 0 saturated carbocycles. The fourth-order valence-corrected chi connectivity index (χ4v) is 2.51. The Kier molecular flexibility index (Phi) is 4.99. The molecule has 0 radical (unpaired) electrons. The molecule has 1 aliphatic rings. The fourth-order valence-electron chi connectivity index (χ4n) is 2.36. The standard InChI is InChI=1S/C13H22ClN5O/c1-9(2)20-13-16-11(14)15-12(17-13)19(4)10-6-5-7-18(3)8-10/h9-10H,5-8H2,1-4H3. The lowest BCUT2D eigenvalue weighted by Gasteiger charge is -2.35. The summed E-state index contributed by atoms with van der Waals surface area (Å²) in [6.45, 7) is 6.00. The van der Waals surface area contributed by atoms with Crippen LogP contribution < -0.4 is 9.64 Å². The van der Waals surface area contributed by atoms with Crippen molar-refractivity contribution in [2.24, 2.45) is 0 Å². The van der Waals surface area contributed by atoms with Gasteiger partial charge in [0.2, 0.25) is 11.2 Å². The molecule has 0 aromatic carbocycles. The minimum atomic E-state index is 0.00689. The fraction of sp³-hybridized carbons (Fsp3) is 0.769. The second-order valence-electron chi connectivity index (χ2n) is 5.52. The topological polar surface area (TPSA) is 54.4 Å². The van der Waals surface area contributed by atoms with E-state index in [1.54, 1.807) is 0 Å². The number of likely N-dealkylation sites (N-methyl/N-ethyl adjacent to an activating group) is 2. The molecule has 2 heterocycles. The predicted molar refractivity (Wildman–Crippen MR) is 79.5 cm³/mol. The maximum atomic E-state index is 5.97. The molecule has 1 aromatic heterocycles. The highest BCUT2D eigenvalue weighted by Gasteiger charge is 2.23. The summed E-state index contributed by atoms with van der Waals surface area (Å²) in [7, 11) is 4.13. The van der Waals surface area contributed by atoms with Gasteiger partial charge in [0.1, 0.15) is 0 Å². The van der Waals surface area contributed by atoms with Crippen molar-refractivity contribution in [3.8, 4) is 6.01 Å². The van der Waals surface area contributed by atoms with E-state index in [4.69, 9.17) is 16.3 Å². The van der Waals surface area contributed by atoms with Gasteiger partial charge in [0.15, 0.2) is 0 Å². The molecule has 0 N–H and O–H groups in total. The molecule has 1 aromatic rings. The molecular weight excluding hydrogens is 278 g/mol. The minimum absolute atomic E-state index is 0.00689. The third-order valence-electron chi connectivity index (χ3n) is 3.38. The maximum absolute atomic E-state index is 5.97. The van der Waals surface area contributed by atoms with E-state index in [2.05, 4.69) is 31.8 Å². The van der Waals surface area contributed by atoms with Gasteiger partial charge in [-0.1, -0.05) is 0 Å². The number of halogens is 1. The van der Waals surface area contributed by atoms with Crippen molar-refractivity contribution in [2.75, 3.05) is 32.1 Å². The molecule has 0 amide bonds. The van der Waals surface area contributed by atoms with Gasteiger partial charge in [0.05, 0.1) is 6.10 Å². The van der Waals surface area contributed by atoms with Crippen LogP contribution in [0.25, 0.3) is 0 Å². The van der Waals surface area contributed by atoms with E-state index in [1.165, 1.54) is 6.42 Å². The Hall–Kier alpha value is -1.14. The molecule has 0 spiro atoms. The number of anilines is 1. The van der Waals surface area contributed by atoms with Crippen molar-refractivity contribution >= 4 is 17.5 Å². The maximum Gasteiger partial charge on any atom is 0.322 e. The monoisotopic (exact) mass is 299 g/mol. The van der Waals surface area contributed by atoms with Crippen LogP contribution in [0.2, 0.25) is 5.28 Å². The first kappa shape index (κ1) is 15.3. The Labute approximate surface area is 125 Å². The van der Waals surface area contributed by atoms with E-state index in [0.29, 0.717) is 12.0 Å². The third kappa shape index (κ3) is 3.93. The molecule has 0 aliphatic carbocycles. The molecular formula is C13H22ClN5O. The molecule has 6 nitrogen and oxygen atoms in total. The average molecular weight is 300 g/mol. The lowest BCUT2D eigenvalue weighted by atomic mass is 10.1. The predicted octanol–water partition coefficient (Wildman–Crippen LogP) is 1.84. The van der Waals surface area contributed by atoms with E-state index >= 15 is 0 Å². The smallest absolute Gasteiger partial charge is 0.322 e. The number of hydrogen-bond donors (Lipinski definition) is 0. The number of rotatable bonds is 4. The molecule has 1 saturated heterocycles. The van der Waals surface area contributed by atoms with Crippen LogP contribution in [0, 0.1) is 0 Å². The van der Waals surface area contributed by atoms with Crippen molar-refractivity contribution in [3.05, 3.63) is 5.28 Å². The summed E-state index contributed by atoms with van der Waals surface area (Å²) in [5.41, 5.74) is 0. The summed E-state index contributed by atoms with van der Waals surface area (Å²) >= 11 is 5.97. The van der Waals surface area contributed by atoms with E-state index < -0.39 is 0 Å². The van der Waals surface area contributed by atoms with Crippen molar-refractivity contribution in [1.29, 1.82) is 0 Å². The molecule has 1 atom stereocenters. The Morgan fingerprint density at radius 2 is 2.10 bits per heavy atom. The van der Waals surface area contributed by atoms with Gasteiger partial charge in [-0.2, -0.15) is 15.0 Å². The summed E-state index contributed by atoms with van der Waals surface area (Å²) < 4.78 is 5.51. The first-order valence-electron chi connectivity index (χ1n) is 6.95. The first-order valence-corrected chi connectivity index (χ1v) is 7.33. The summed E-state index contributed by atoms with van der Waals surface area (Å²) in [5.74, 6) is 0.570. The van der Waals surface area contributed by atoms with Crippen LogP contribution in [-0.4, -0.2) is 59.2 Å². The minimum Gasteiger partial charge on any atom is -0.461 e. The number of hydrogen-bond acceptors (Lipinski definition) is 6. The number of nitrogens with zero attached hydrogens (tertiary/aromatic N) is 5. The van der Waals surface area contributed by atoms with Gasteiger partial charge < -0.3 is 14.5 Å². The normalized spacial score (nSPS) is 20.2. The van der Waals surface area contributed by atoms with E-state index in [-0.39, 0.29) is 17.4 Å². The van der Waals surface area contributed by atoms with Gasteiger partial charge in [-0.15, -0.1) is 0 Å². The number of likely N-dealkylation sites (tertiary alicyclic amines) is 1. The Morgan fingerprint density at radius 1 is 1.35 bits per heavy atom. The molecule has 7 heteroatoms. The van der Waals surface area contributed by atoms with Crippen LogP contribution in [0.3, 0.4) is 0 Å².